The van der Waals surface area contributed by atoms with E-state index in [1.54, 1.807) is 60.9 Å². The van der Waals surface area contributed by atoms with Crippen molar-refractivity contribution in [2.45, 2.75) is 12.5 Å². The normalized spacial score (nSPS) is 16.3. The lowest BCUT2D eigenvalue weighted by molar-refractivity contribution is 0.0710. The number of aromatic hydroxyl groups is 1. The molecule has 0 radical (unpaired) electrons. The van der Waals surface area contributed by atoms with E-state index in [1.807, 2.05) is 22.9 Å². The fourth-order valence-electron chi connectivity index (χ4n) is 3.18. The summed E-state index contributed by atoms with van der Waals surface area (Å²) in [6.45, 7) is 0. The molecule has 136 valence electrons. The molecule has 5 nitrogen and oxygen atoms in total. The third-order valence-corrected chi connectivity index (χ3v) is 5.23. The van der Waals surface area contributed by atoms with Crippen LogP contribution in [0, 0.1) is 0 Å². The Hall–Kier alpha value is -3.12. The largest absolute Gasteiger partial charge is 0.508 e. The van der Waals surface area contributed by atoms with Crippen molar-refractivity contribution in [1.29, 1.82) is 0 Å². The zero-order valence-electron chi connectivity index (χ0n) is 14.7. The number of phenolic OH excluding ortho intramolecular Hbond substituents is 1. The van der Waals surface area contributed by atoms with Gasteiger partial charge in [-0.15, -0.1) is 0 Å². The van der Waals surface area contributed by atoms with E-state index in [0.717, 1.165) is 16.8 Å². The van der Waals surface area contributed by atoms with Crippen LogP contribution in [0.25, 0.3) is 0 Å². The zero-order valence-corrected chi connectivity index (χ0v) is 15.5. The molecule has 27 heavy (non-hydrogen) atoms. The highest BCUT2D eigenvalue weighted by atomic mass is 32.1. The van der Waals surface area contributed by atoms with E-state index < -0.39 is 0 Å². The molecular formula is C21H18N2O3S. The van der Waals surface area contributed by atoms with Crippen molar-refractivity contribution in [3.8, 4) is 11.5 Å². The lowest BCUT2D eigenvalue weighted by atomic mass is 9.99. The number of carbonyl (C=O) groups is 1. The number of phenols is 1. The van der Waals surface area contributed by atoms with Gasteiger partial charge in [-0.25, -0.2) is 5.01 Å². The quantitative estimate of drug-likeness (QED) is 0.729. The van der Waals surface area contributed by atoms with Gasteiger partial charge in [-0.1, -0.05) is 18.2 Å². The van der Waals surface area contributed by atoms with E-state index >= 15 is 0 Å². The molecule has 0 spiro atoms. The van der Waals surface area contributed by atoms with E-state index in [2.05, 4.69) is 5.10 Å². The molecule has 1 aliphatic rings. The molecule has 1 aliphatic heterocycles. The molecule has 1 atom stereocenters. The summed E-state index contributed by atoms with van der Waals surface area (Å²) >= 11 is 1.60. The molecular weight excluding hydrogens is 360 g/mol. The van der Waals surface area contributed by atoms with Crippen LogP contribution in [0.4, 0.5) is 0 Å². The molecule has 0 fully saturated rings. The van der Waals surface area contributed by atoms with Gasteiger partial charge in [0.2, 0.25) is 0 Å². The van der Waals surface area contributed by atoms with E-state index in [-0.39, 0.29) is 17.7 Å². The lowest BCUT2D eigenvalue weighted by Crippen LogP contribution is -2.27. The Kier molecular flexibility index (Phi) is 4.64. The number of hydrogen-bond acceptors (Lipinski definition) is 5. The zero-order chi connectivity index (χ0) is 18.8. The minimum absolute atomic E-state index is 0.172. The summed E-state index contributed by atoms with van der Waals surface area (Å²) < 4.78 is 5.24. The molecule has 0 saturated heterocycles. The second-order valence-electron chi connectivity index (χ2n) is 6.26. The number of nitrogens with zero attached hydrogens (tertiary/aromatic N) is 2. The highest BCUT2D eigenvalue weighted by Crippen LogP contribution is 2.35. The molecule has 1 amide bonds. The molecule has 1 N–H and O–H groups in total. The number of ether oxygens (including phenoxy) is 1. The van der Waals surface area contributed by atoms with Crippen LogP contribution in [0.5, 0.6) is 11.5 Å². The van der Waals surface area contributed by atoms with Gasteiger partial charge in [0.05, 0.1) is 18.9 Å². The third kappa shape index (κ3) is 3.44. The van der Waals surface area contributed by atoms with Crippen molar-refractivity contribution >= 4 is 23.0 Å². The van der Waals surface area contributed by atoms with E-state index in [0.29, 0.717) is 17.7 Å². The van der Waals surface area contributed by atoms with Crippen molar-refractivity contribution in [2.75, 3.05) is 7.11 Å². The Morgan fingerprint density at radius 2 is 2.07 bits per heavy atom. The standard InChI is InChI=1S/C21H18N2O3S/c1-26-18-7-3-5-15(11-18)21(25)23-20(14-4-2-6-17(24)10-14)12-19(22-23)16-8-9-27-13-16/h2-11,13,20,24H,12H2,1H3. The third-order valence-electron chi connectivity index (χ3n) is 4.54. The predicted octanol–water partition coefficient (Wildman–Crippen LogP) is 4.45. The van der Waals surface area contributed by atoms with Gasteiger partial charge in [-0.2, -0.15) is 16.4 Å². The van der Waals surface area contributed by atoms with Crippen molar-refractivity contribution in [1.82, 2.24) is 5.01 Å². The first-order chi connectivity index (χ1) is 13.2. The minimum Gasteiger partial charge on any atom is -0.508 e. The number of methoxy groups -OCH3 is 1. The summed E-state index contributed by atoms with van der Waals surface area (Å²) in [6.07, 6.45) is 0.593. The lowest BCUT2D eigenvalue weighted by Gasteiger charge is -2.22. The van der Waals surface area contributed by atoms with Crippen LogP contribution < -0.4 is 4.74 Å². The van der Waals surface area contributed by atoms with E-state index in [4.69, 9.17) is 4.74 Å². The van der Waals surface area contributed by atoms with Crippen molar-refractivity contribution in [3.05, 3.63) is 82.0 Å². The first kappa shape index (κ1) is 17.3. The number of hydrazone groups is 1. The van der Waals surface area contributed by atoms with Gasteiger partial charge in [-0.3, -0.25) is 4.79 Å². The molecule has 1 unspecified atom stereocenters. The number of rotatable bonds is 4. The number of hydrogen-bond donors (Lipinski definition) is 1. The van der Waals surface area contributed by atoms with Gasteiger partial charge >= 0.3 is 0 Å². The van der Waals surface area contributed by atoms with Crippen LogP contribution in [-0.2, 0) is 0 Å². The average molecular weight is 378 g/mol. The molecule has 3 aromatic rings. The summed E-state index contributed by atoms with van der Waals surface area (Å²) in [4.78, 5) is 13.2. The number of carbonyl (C=O) groups excluding carboxylic acids is 1. The van der Waals surface area contributed by atoms with Gasteiger partial charge < -0.3 is 9.84 Å². The molecule has 0 aliphatic carbocycles. The van der Waals surface area contributed by atoms with Gasteiger partial charge in [-0.05, 0) is 52.7 Å². The Labute approximate surface area is 161 Å². The van der Waals surface area contributed by atoms with Crippen LogP contribution in [0.3, 0.4) is 0 Å². The van der Waals surface area contributed by atoms with Gasteiger partial charge in [0, 0.05) is 17.5 Å². The molecule has 4 rings (SSSR count). The number of benzene rings is 2. The molecule has 2 heterocycles. The van der Waals surface area contributed by atoms with E-state index in [1.165, 1.54) is 5.01 Å². The summed E-state index contributed by atoms with van der Waals surface area (Å²) in [6, 6.07) is 15.8. The van der Waals surface area contributed by atoms with Crippen molar-refractivity contribution in [2.24, 2.45) is 5.10 Å². The molecule has 6 heteroatoms. The van der Waals surface area contributed by atoms with Crippen LogP contribution >= 0.6 is 11.3 Å². The SMILES string of the molecule is COc1cccc(C(=O)N2N=C(c3ccsc3)CC2c2cccc(O)c2)c1. The van der Waals surface area contributed by atoms with Crippen LogP contribution in [0.2, 0.25) is 0 Å². The Bertz CT molecular complexity index is 998. The first-order valence-electron chi connectivity index (χ1n) is 8.52. The predicted molar refractivity (Wildman–Crippen MR) is 105 cm³/mol. The van der Waals surface area contributed by atoms with Crippen molar-refractivity contribution in [3.63, 3.8) is 0 Å². The maximum absolute atomic E-state index is 13.2. The van der Waals surface area contributed by atoms with E-state index in [9.17, 15) is 9.90 Å². The Morgan fingerprint density at radius 1 is 1.22 bits per heavy atom. The molecule has 0 saturated carbocycles. The van der Waals surface area contributed by atoms with Crippen LogP contribution in [0.1, 0.15) is 33.9 Å². The summed E-state index contributed by atoms with van der Waals surface area (Å²) in [5, 5.41) is 20.0. The van der Waals surface area contributed by atoms with Gasteiger partial charge in [0.25, 0.3) is 5.91 Å². The minimum atomic E-state index is -0.272. The molecule has 1 aromatic heterocycles. The Balaban J connectivity index is 1.73. The Morgan fingerprint density at radius 3 is 2.81 bits per heavy atom. The summed E-state index contributed by atoms with van der Waals surface area (Å²) in [5.41, 5.74) is 3.24. The highest BCUT2D eigenvalue weighted by molar-refractivity contribution is 7.08. The smallest absolute Gasteiger partial charge is 0.274 e. The van der Waals surface area contributed by atoms with Crippen LogP contribution in [0.15, 0.2) is 70.5 Å². The van der Waals surface area contributed by atoms with Crippen molar-refractivity contribution < 1.29 is 14.6 Å². The van der Waals surface area contributed by atoms with Gasteiger partial charge in [0.1, 0.15) is 11.5 Å². The maximum atomic E-state index is 13.2. The topological polar surface area (TPSA) is 62.1 Å². The summed E-state index contributed by atoms with van der Waals surface area (Å²) in [7, 11) is 1.57. The average Bonchev–Trinajstić information content (AvgIpc) is 3.37. The van der Waals surface area contributed by atoms with Crippen LogP contribution in [-0.4, -0.2) is 28.8 Å². The monoisotopic (exact) mass is 378 g/mol. The second kappa shape index (κ2) is 7.25. The number of amides is 1. The fraction of sp³-hybridized carbons (Fsp3) is 0.143. The number of thiophene rings is 1. The summed E-state index contributed by atoms with van der Waals surface area (Å²) in [5.74, 6) is 0.591. The first-order valence-corrected chi connectivity index (χ1v) is 9.46. The second-order valence-corrected chi connectivity index (χ2v) is 7.04. The molecule has 2 aromatic carbocycles. The highest BCUT2D eigenvalue weighted by Gasteiger charge is 2.34. The maximum Gasteiger partial charge on any atom is 0.274 e. The fourth-order valence-corrected chi connectivity index (χ4v) is 3.85. The molecule has 0 bridgehead atoms. The van der Waals surface area contributed by atoms with Gasteiger partial charge in [0.15, 0.2) is 0 Å².